The zero-order valence-electron chi connectivity index (χ0n) is 23.6. The molecule has 1 amide bonds. The van der Waals surface area contributed by atoms with E-state index in [-0.39, 0.29) is 10.2 Å². The van der Waals surface area contributed by atoms with Gasteiger partial charge in [0.05, 0.1) is 11.5 Å². The van der Waals surface area contributed by atoms with Crippen molar-refractivity contribution in [1.29, 1.82) is 0 Å². The maximum Gasteiger partial charge on any atom is 0.323 e. The van der Waals surface area contributed by atoms with E-state index < -0.39 is 12.5 Å². The summed E-state index contributed by atoms with van der Waals surface area (Å²) in [6.45, 7) is 10.9. The van der Waals surface area contributed by atoms with E-state index in [2.05, 4.69) is 37.5 Å². The first-order valence-electron chi connectivity index (χ1n) is 14.1. The summed E-state index contributed by atoms with van der Waals surface area (Å²) in [7, 11) is 0. The molecule has 0 atom stereocenters. The lowest BCUT2D eigenvalue weighted by molar-refractivity contribution is -0.140. The first-order chi connectivity index (χ1) is 19.3. The van der Waals surface area contributed by atoms with Gasteiger partial charge in [-0.1, -0.05) is 106 Å². The Morgan fingerprint density at radius 2 is 1.75 bits per heavy atom. The highest BCUT2D eigenvalue weighted by Gasteiger charge is 2.33. The van der Waals surface area contributed by atoms with Gasteiger partial charge in [-0.2, -0.15) is 0 Å². The summed E-state index contributed by atoms with van der Waals surface area (Å²) < 4.78 is 6.57. The second kappa shape index (κ2) is 16.2. The van der Waals surface area contributed by atoms with Gasteiger partial charge >= 0.3 is 5.97 Å². The van der Waals surface area contributed by atoms with Gasteiger partial charge in [-0.05, 0) is 42.2 Å². The number of ether oxygens (including phenoxy) is 1. The standard InChI is InChI=1S/C32H40N2O4S2/c1-4-6-11-18-33(19-12-7-5-2)24(3)27-21-26(22-29-31(37)34(23-30(35)36)32(39)40-29)15-16-28(27)38-20-17-25-13-9-8-10-14-25/h8-10,13-16,21-22H,3-7,11-12,17-20,23H2,1-2H3,(H,35,36)/b29-22-. The molecule has 40 heavy (non-hydrogen) atoms. The van der Waals surface area contributed by atoms with E-state index in [9.17, 15) is 9.59 Å². The predicted octanol–water partition coefficient (Wildman–Crippen LogP) is 7.25. The van der Waals surface area contributed by atoms with Crippen molar-refractivity contribution in [2.45, 2.75) is 58.8 Å². The second-order valence-corrected chi connectivity index (χ2v) is 11.5. The molecule has 0 unspecified atom stereocenters. The zero-order chi connectivity index (χ0) is 28.9. The number of benzene rings is 2. The van der Waals surface area contributed by atoms with Crippen LogP contribution in [0.5, 0.6) is 5.75 Å². The molecule has 214 valence electrons. The van der Waals surface area contributed by atoms with Crippen molar-refractivity contribution in [2.24, 2.45) is 0 Å². The minimum atomic E-state index is -1.10. The molecule has 1 N–H and O–H groups in total. The van der Waals surface area contributed by atoms with Crippen LogP contribution in [-0.4, -0.2) is 57.3 Å². The molecule has 1 aliphatic heterocycles. The van der Waals surface area contributed by atoms with Gasteiger partial charge in [0.15, 0.2) is 0 Å². The number of hydrogen-bond donors (Lipinski definition) is 1. The number of carboxylic acids is 1. The number of carbonyl (C=O) groups is 2. The van der Waals surface area contributed by atoms with Crippen molar-refractivity contribution in [2.75, 3.05) is 26.2 Å². The van der Waals surface area contributed by atoms with Crippen LogP contribution in [0.3, 0.4) is 0 Å². The Labute approximate surface area is 248 Å². The number of thioether (sulfide) groups is 1. The molecule has 0 radical (unpaired) electrons. The molecule has 2 aromatic rings. The van der Waals surface area contributed by atoms with Gasteiger partial charge in [0.25, 0.3) is 5.91 Å². The highest BCUT2D eigenvalue weighted by atomic mass is 32.2. The average Bonchev–Trinajstić information content (AvgIpc) is 3.20. The number of rotatable bonds is 17. The Balaban J connectivity index is 1.89. The number of carbonyl (C=O) groups excluding carboxylic acids is 1. The van der Waals surface area contributed by atoms with E-state index in [4.69, 9.17) is 22.1 Å². The molecule has 1 aliphatic rings. The molecular formula is C32H40N2O4S2. The third kappa shape index (κ3) is 9.24. The Hall–Kier alpha value is -3.10. The number of nitrogens with zero attached hydrogens (tertiary/aromatic N) is 2. The van der Waals surface area contributed by atoms with Crippen LogP contribution in [0.25, 0.3) is 11.8 Å². The van der Waals surface area contributed by atoms with E-state index >= 15 is 0 Å². The lowest BCUT2D eigenvalue weighted by atomic mass is 10.0. The van der Waals surface area contributed by atoms with E-state index in [0.29, 0.717) is 11.5 Å². The highest BCUT2D eigenvalue weighted by molar-refractivity contribution is 8.26. The molecule has 2 aromatic carbocycles. The first-order valence-corrected chi connectivity index (χ1v) is 15.3. The molecule has 1 heterocycles. The van der Waals surface area contributed by atoms with Crippen molar-refractivity contribution in [3.63, 3.8) is 0 Å². The third-order valence-electron chi connectivity index (χ3n) is 6.72. The zero-order valence-corrected chi connectivity index (χ0v) is 25.2. The van der Waals surface area contributed by atoms with Crippen LogP contribution in [0, 0.1) is 0 Å². The topological polar surface area (TPSA) is 70.1 Å². The summed E-state index contributed by atoms with van der Waals surface area (Å²) >= 11 is 6.39. The molecule has 3 rings (SSSR count). The number of amides is 1. The van der Waals surface area contributed by atoms with Gasteiger partial charge in [0, 0.05) is 30.8 Å². The molecule has 1 saturated heterocycles. The van der Waals surface area contributed by atoms with Crippen LogP contribution in [0.1, 0.15) is 69.1 Å². The fourth-order valence-electron chi connectivity index (χ4n) is 4.49. The lowest BCUT2D eigenvalue weighted by Crippen LogP contribution is -2.33. The van der Waals surface area contributed by atoms with Crippen LogP contribution in [0.4, 0.5) is 0 Å². The number of unbranched alkanes of at least 4 members (excludes halogenated alkanes) is 4. The predicted molar refractivity (Wildman–Crippen MR) is 169 cm³/mol. The quantitative estimate of drug-likeness (QED) is 0.120. The average molecular weight is 581 g/mol. The first kappa shape index (κ1) is 31.4. The van der Waals surface area contributed by atoms with E-state index in [0.717, 1.165) is 97.3 Å². The molecule has 8 heteroatoms. The summed E-state index contributed by atoms with van der Waals surface area (Å²) in [5.74, 6) is -0.728. The summed E-state index contributed by atoms with van der Waals surface area (Å²) in [6, 6.07) is 16.1. The van der Waals surface area contributed by atoms with Gasteiger partial charge in [0.2, 0.25) is 0 Å². The van der Waals surface area contributed by atoms with Crippen LogP contribution >= 0.6 is 24.0 Å². The van der Waals surface area contributed by atoms with Crippen molar-refractivity contribution < 1.29 is 19.4 Å². The Kier molecular flexibility index (Phi) is 12.8. The van der Waals surface area contributed by atoms with Gasteiger partial charge < -0.3 is 14.7 Å². The van der Waals surface area contributed by atoms with Crippen LogP contribution in [0.2, 0.25) is 0 Å². The van der Waals surface area contributed by atoms with E-state index in [1.54, 1.807) is 6.08 Å². The third-order valence-corrected chi connectivity index (χ3v) is 8.09. The van der Waals surface area contributed by atoms with Crippen LogP contribution in [0.15, 0.2) is 60.0 Å². The highest BCUT2D eigenvalue weighted by Crippen LogP contribution is 2.35. The van der Waals surface area contributed by atoms with Gasteiger partial charge in [-0.3, -0.25) is 14.5 Å². The van der Waals surface area contributed by atoms with E-state index in [1.165, 1.54) is 5.56 Å². The van der Waals surface area contributed by atoms with Gasteiger partial charge in [-0.15, -0.1) is 0 Å². The number of carboxylic acid groups (broad SMARTS) is 1. The largest absolute Gasteiger partial charge is 0.493 e. The number of thiocarbonyl (C=S) groups is 1. The Morgan fingerprint density at radius 3 is 2.38 bits per heavy atom. The lowest BCUT2D eigenvalue weighted by Gasteiger charge is -2.28. The maximum atomic E-state index is 12.9. The van der Waals surface area contributed by atoms with Crippen molar-refractivity contribution >= 4 is 51.9 Å². The molecule has 0 saturated carbocycles. The number of aliphatic carboxylic acids is 1. The van der Waals surface area contributed by atoms with Gasteiger partial charge in [0.1, 0.15) is 16.6 Å². The molecule has 1 fully saturated rings. The summed E-state index contributed by atoms with van der Waals surface area (Å²) in [5, 5.41) is 9.15. The second-order valence-electron chi connectivity index (χ2n) is 9.85. The van der Waals surface area contributed by atoms with Crippen molar-refractivity contribution in [1.82, 2.24) is 9.80 Å². The SMILES string of the molecule is C=C(c1cc(/C=C2\SC(=S)N(CC(=O)O)C2=O)ccc1OCCc1ccccc1)N(CCCCC)CCCCC. The Bertz CT molecular complexity index is 1200. The van der Waals surface area contributed by atoms with Crippen molar-refractivity contribution in [3.8, 4) is 5.75 Å². The number of hydrogen-bond acceptors (Lipinski definition) is 6. The minimum Gasteiger partial charge on any atom is -0.493 e. The summed E-state index contributed by atoms with van der Waals surface area (Å²) in [4.78, 5) is 27.9. The fourth-order valence-corrected chi connectivity index (χ4v) is 5.75. The fraction of sp³-hybridized carbons (Fsp3) is 0.406. The molecule has 0 aliphatic carbocycles. The Morgan fingerprint density at radius 1 is 1.07 bits per heavy atom. The molecule has 0 aromatic heterocycles. The van der Waals surface area contributed by atoms with Crippen LogP contribution in [-0.2, 0) is 16.0 Å². The summed E-state index contributed by atoms with van der Waals surface area (Å²) in [5.41, 5.74) is 3.83. The normalized spacial score (nSPS) is 14.2. The molecule has 0 spiro atoms. The minimum absolute atomic E-state index is 0.252. The summed E-state index contributed by atoms with van der Waals surface area (Å²) in [6.07, 6.45) is 9.38. The monoisotopic (exact) mass is 580 g/mol. The van der Waals surface area contributed by atoms with Crippen molar-refractivity contribution in [3.05, 3.63) is 76.7 Å². The van der Waals surface area contributed by atoms with Crippen LogP contribution < -0.4 is 4.74 Å². The maximum absolute atomic E-state index is 12.9. The molecule has 0 bridgehead atoms. The molecular weight excluding hydrogens is 540 g/mol. The van der Waals surface area contributed by atoms with E-state index in [1.807, 2.05) is 36.4 Å². The smallest absolute Gasteiger partial charge is 0.323 e. The molecule has 6 nitrogen and oxygen atoms in total. The van der Waals surface area contributed by atoms with Gasteiger partial charge in [-0.25, -0.2) is 0 Å².